The molecular weight excluding hydrogens is 366 g/mol. The van der Waals surface area contributed by atoms with E-state index in [9.17, 15) is 4.79 Å². The lowest BCUT2D eigenvalue weighted by Gasteiger charge is -2.15. The lowest BCUT2D eigenvalue weighted by atomic mass is 10.0. The Kier molecular flexibility index (Phi) is 5.24. The summed E-state index contributed by atoms with van der Waals surface area (Å²) >= 11 is 0. The molecule has 1 amide bonds. The first-order valence-electron chi connectivity index (χ1n) is 9.31. The summed E-state index contributed by atoms with van der Waals surface area (Å²) in [7, 11) is 3.36. The van der Waals surface area contributed by atoms with Gasteiger partial charge in [-0.25, -0.2) is 0 Å². The Morgan fingerprint density at radius 2 is 1.79 bits per heavy atom. The molecule has 6 nitrogen and oxygen atoms in total. The van der Waals surface area contributed by atoms with E-state index in [1.807, 2.05) is 66.7 Å². The van der Waals surface area contributed by atoms with Gasteiger partial charge in [0.25, 0.3) is 0 Å². The number of nitrogens with zero attached hydrogens (tertiary/aromatic N) is 3. The van der Waals surface area contributed by atoms with Crippen molar-refractivity contribution in [2.75, 3.05) is 14.2 Å². The number of fused-ring (bicyclic) bond motifs is 1. The van der Waals surface area contributed by atoms with Gasteiger partial charge in [-0.1, -0.05) is 47.6 Å². The molecule has 4 rings (SSSR count). The monoisotopic (exact) mass is 387 g/mol. The first-order chi connectivity index (χ1) is 14.1. The highest BCUT2D eigenvalue weighted by Crippen LogP contribution is 2.21. The Balaban J connectivity index is 1.44. The predicted octanol–water partition coefficient (Wildman–Crippen LogP) is 4.10. The number of amides is 1. The quantitative estimate of drug-likeness (QED) is 0.498. The summed E-state index contributed by atoms with van der Waals surface area (Å²) in [4.78, 5) is 18.7. The molecule has 0 bridgehead atoms. The van der Waals surface area contributed by atoms with E-state index in [2.05, 4.69) is 10.1 Å². The van der Waals surface area contributed by atoms with Crippen LogP contribution in [0.5, 0.6) is 5.75 Å². The van der Waals surface area contributed by atoms with E-state index in [1.54, 1.807) is 19.1 Å². The zero-order valence-electron chi connectivity index (χ0n) is 16.3. The van der Waals surface area contributed by atoms with Gasteiger partial charge >= 0.3 is 0 Å². The molecule has 0 saturated heterocycles. The van der Waals surface area contributed by atoms with Gasteiger partial charge in [-0.05, 0) is 40.6 Å². The molecule has 1 aromatic heterocycles. The Hall–Kier alpha value is -3.67. The van der Waals surface area contributed by atoms with E-state index in [4.69, 9.17) is 9.26 Å². The molecule has 0 N–H and O–H groups in total. The molecular formula is C23H21N3O3. The second kappa shape index (κ2) is 8.14. The maximum atomic E-state index is 12.7. The van der Waals surface area contributed by atoms with Crippen LogP contribution in [0.4, 0.5) is 0 Å². The number of hydrogen-bond acceptors (Lipinski definition) is 5. The standard InChI is InChI=1S/C23H21N3O3/c1-26(22(27)14-18-8-5-7-16-6-3-4-9-20(16)18)15-21-24-23(25-29-21)17-10-12-19(28-2)13-11-17/h3-13H,14-15H2,1-2H3. The molecule has 0 radical (unpaired) electrons. The van der Waals surface area contributed by atoms with Crippen LogP contribution < -0.4 is 4.74 Å². The first kappa shape index (κ1) is 18.7. The molecule has 1 heterocycles. The topological polar surface area (TPSA) is 68.5 Å². The first-order valence-corrected chi connectivity index (χ1v) is 9.31. The average molecular weight is 387 g/mol. The summed E-state index contributed by atoms with van der Waals surface area (Å²) in [5.74, 6) is 1.63. The largest absolute Gasteiger partial charge is 0.497 e. The van der Waals surface area contributed by atoms with E-state index in [0.717, 1.165) is 27.6 Å². The molecule has 0 saturated carbocycles. The van der Waals surface area contributed by atoms with Crippen LogP contribution in [0.1, 0.15) is 11.5 Å². The number of benzene rings is 3. The number of methoxy groups -OCH3 is 1. The lowest BCUT2D eigenvalue weighted by Crippen LogP contribution is -2.27. The third-order valence-electron chi connectivity index (χ3n) is 4.84. The third-order valence-corrected chi connectivity index (χ3v) is 4.84. The number of aromatic nitrogens is 2. The molecule has 0 aliphatic heterocycles. The van der Waals surface area contributed by atoms with Crippen molar-refractivity contribution in [2.24, 2.45) is 0 Å². The Labute approximate surface area is 168 Å². The van der Waals surface area contributed by atoms with Gasteiger partial charge in [0.1, 0.15) is 5.75 Å². The van der Waals surface area contributed by atoms with Crippen LogP contribution in [-0.2, 0) is 17.8 Å². The van der Waals surface area contributed by atoms with Crippen molar-refractivity contribution in [2.45, 2.75) is 13.0 Å². The highest BCUT2D eigenvalue weighted by atomic mass is 16.5. The van der Waals surface area contributed by atoms with Gasteiger partial charge in [0.15, 0.2) is 0 Å². The Morgan fingerprint density at radius 1 is 1.03 bits per heavy atom. The van der Waals surface area contributed by atoms with Gasteiger partial charge in [0.05, 0.1) is 20.1 Å². The summed E-state index contributed by atoms with van der Waals surface area (Å²) in [6, 6.07) is 21.5. The molecule has 3 aromatic carbocycles. The van der Waals surface area contributed by atoms with Crippen LogP contribution in [0.15, 0.2) is 71.3 Å². The number of carbonyl (C=O) groups excluding carboxylic acids is 1. The number of ether oxygens (including phenoxy) is 1. The van der Waals surface area contributed by atoms with Gasteiger partial charge in [-0.3, -0.25) is 4.79 Å². The maximum absolute atomic E-state index is 12.7. The zero-order valence-corrected chi connectivity index (χ0v) is 16.3. The molecule has 146 valence electrons. The molecule has 0 fully saturated rings. The summed E-state index contributed by atoms with van der Waals surface area (Å²) in [5.41, 5.74) is 1.83. The minimum Gasteiger partial charge on any atom is -0.497 e. The average Bonchev–Trinajstić information content (AvgIpc) is 3.22. The van der Waals surface area contributed by atoms with E-state index >= 15 is 0 Å². The minimum absolute atomic E-state index is 0.00875. The number of carbonyl (C=O) groups is 1. The van der Waals surface area contributed by atoms with Gasteiger partial charge in [-0.15, -0.1) is 0 Å². The van der Waals surface area contributed by atoms with Gasteiger partial charge < -0.3 is 14.2 Å². The molecule has 29 heavy (non-hydrogen) atoms. The Morgan fingerprint density at radius 3 is 2.59 bits per heavy atom. The molecule has 0 atom stereocenters. The van der Waals surface area contributed by atoms with Crippen molar-refractivity contribution in [3.63, 3.8) is 0 Å². The summed E-state index contributed by atoms with van der Waals surface area (Å²) < 4.78 is 10.5. The second-order valence-electron chi connectivity index (χ2n) is 6.81. The molecule has 0 spiro atoms. The van der Waals surface area contributed by atoms with Crippen molar-refractivity contribution < 1.29 is 14.1 Å². The van der Waals surface area contributed by atoms with Crippen LogP contribution in [0, 0.1) is 0 Å². The highest BCUT2D eigenvalue weighted by Gasteiger charge is 2.16. The predicted molar refractivity (Wildman–Crippen MR) is 110 cm³/mol. The second-order valence-corrected chi connectivity index (χ2v) is 6.81. The lowest BCUT2D eigenvalue weighted by molar-refractivity contribution is -0.130. The van der Waals surface area contributed by atoms with E-state index in [1.165, 1.54) is 0 Å². The highest BCUT2D eigenvalue weighted by molar-refractivity contribution is 5.90. The van der Waals surface area contributed by atoms with Crippen LogP contribution in [0.3, 0.4) is 0 Å². The maximum Gasteiger partial charge on any atom is 0.246 e. The van der Waals surface area contributed by atoms with Gasteiger partial charge in [0, 0.05) is 12.6 Å². The molecule has 6 heteroatoms. The van der Waals surface area contributed by atoms with E-state index < -0.39 is 0 Å². The summed E-state index contributed by atoms with van der Waals surface area (Å²) in [5, 5.41) is 6.23. The zero-order chi connectivity index (χ0) is 20.2. The third kappa shape index (κ3) is 4.11. The molecule has 0 aliphatic rings. The number of hydrogen-bond donors (Lipinski definition) is 0. The van der Waals surface area contributed by atoms with Gasteiger partial charge in [0.2, 0.25) is 17.6 Å². The minimum atomic E-state index is -0.00875. The van der Waals surface area contributed by atoms with E-state index in [0.29, 0.717) is 18.1 Å². The van der Waals surface area contributed by atoms with Crippen LogP contribution in [0.2, 0.25) is 0 Å². The fraction of sp³-hybridized carbons (Fsp3) is 0.174. The van der Waals surface area contributed by atoms with Crippen molar-refractivity contribution in [3.8, 4) is 17.1 Å². The Bertz CT molecular complexity index is 1130. The van der Waals surface area contributed by atoms with Crippen molar-refractivity contribution in [1.29, 1.82) is 0 Å². The van der Waals surface area contributed by atoms with E-state index in [-0.39, 0.29) is 12.5 Å². The number of likely N-dealkylation sites (N-methyl/N-ethyl adjacent to an activating group) is 1. The summed E-state index contributed by atoms with van der Waals surface area (Å²) in [6.07, 6.45) is 0.317. The molecule has 0 unspecified atom stereocenters. The van der Waals surface area contributed by atoms with Crippen LogP contribution in [0.25, 0.3) is 22.2 Å². The van der Waals surface area contributed by atoms with Crippen molar-refractivity contribution in [1.82, 2.24) is 15.0 Å². The molecule has 0 aliphatic carbocycles. The number of rotatable bonds is 6. The summed E-state index contributed by atoms with van der Waals surface area (Å²) in [6.45, 7) is 0.257. The van der Waals surface area contributed by atoms with Crippen LogP contribution in [-0.4, -0.2) is 35.1 Å². The van der Waals surface area contributed by atoms with Crippen LogP contribution >= 0.6 is 0 Å². The SMILES string of the molecule is COc1ccc(-c2noc(CN(C)C(=O)Cc3cccc4ccccc34)n2)cc1. The fourth-order valence-electron chi connectivity index (χ4n) is 3.21. The molecule has 4 aromatic rings. The van der Waals surface area contributed by atoms with Gasteiger partial charge in [-0.2, -0.15) is 4.98 Å². The van der Waals surface area contributed by atoms with Crippen molar-refractivity contribution in [3.05, 3.63) is 78.2 Å². The fourth-order valence-corrected chi connectivity index (χ4v) is 3.21. The smallest absolute Gasteiger partial charge is 0.246 e. The van der Waals surface area contributed by atoms with Crippen molar-refractivity contribution >= 4 is 16.7 Å². The normalized spacial score (nSPS) is 10.8.